The third-order valence-corrected chi connectivity index (χ3v) is 4.57. The number of rotatable bonds is 6. The Morgan fingerprint density at radius 3 is 2.85 bits per heavy atom. The predicted molar refractivity (Wildman–Crippen MR) is 81.5 cm³/mol. The molecule has 1 aliphatic carbocycles. The standard InChI is InChI=1S/C18H25NO/c1-2-16-8-6-11-18(14-16,15-19)12-7-13-20-17-9-4-3-5-10-17/h3-5,9-10,16H,2,6-8,11-14H2,1H3. The van der Waals surface area contributed by atoms with Crippen molar-refractivity contribution in [2.45, 2.75) is 51.9 Å². The Bertz CT molecular complexity index is 436. The maximum absolute atomic E-state index is 9.58. The second-order valence-corrected chi connectivity index (χ2v) is 6.03. The van der Waals surface area contributed by atoms with E-state index < -0.39 is 0 Å². The molecule has 0 heterocycles. The zero-order chi connectivity index (χ0) is 14.3. The normalized spacial score (nSPS) is 25.9. The van der Waals surface area contributed by atoms with E-state index in [4.69, 9.17) is 4.74 Å². The van der Waals surface area contributed by atoms with Crippen LogP contribution in [0.15, 0.2) is 30.3 Å². The predicted octanol–water partition coefficient (Wildman–Crippen LogP) is 4.96. The van der Waals surface area contributed by atoms with Crippen molar-refractivity contribution in [3.05, 3.63) is 30.3 Å². The zero-order valence-electron chi connectivity index (χ0n) is 12.5. The molecular weight excluding hydrogens is 246 g/mol. The SMILES string of the molecule is CCC1CCCC(C#N)(CCCOc2ccccc2)C1. The summed E-state index contributed by atoms with van der Waals surface area (Å²) in [5.41, 5.74) is -0.0844. The second kappa shape index (κ2) is 7.33. The molecule has 108 valence electrons. The summed E-state index contributed by atoms with van der Waals surface area (Å²) in [5, 5.41) is 9.58. The van der Waals surface area contributed by atoms with Crippen LogP contribution in [-0.4, -0.2) is 6.61 Å². The summed E-state index contributed by atoms with van der Waals surface area (Å²) in [6.07, 6.45) is 7.85. The van der Waals surface area contributed by atoms with E-state index in [2.05, 4.69) is 13.0 Å². The molecule has 1 fully saturated rings. The Kier molecular flexibility index (Phi) is 5.47. The number of hydrogen-bond donors (Lipinski definition) is 0. The summed E-state index contributed by atoms with van der Waals surface area (Å²) in [7, 11) is 0. The minimum Gasteiger partial charge on any atom is -0.494 e. The molecule has 0 bridgehead atoms. The quantitative estimate of drug-likeness (QED) is 0.685. The summed E-state index contributed by atoms with van der Waals surface area (Å²) >= 11 is 0. The largest absolute Gasteiger partial charge is 0.494 e. The minimum atomic E-state index is -0.0844. The highest BCUT2D eigenvalue weighted by molar-refractivity contribution is 5.20. The Morgan fingerprint density at radius 1 is 1.35 bits per heavy atom. The van der Waals surface area contributed by atoms with Crippen molar-refractivity contribution in [2.75, 3.05) is 6.61 Å². The Labute approximate surface area is 122 Å². The fourth-order valence-corrected chi connectivity index (χ4v) is 3.34. The maximum atomic E-state index is 9.58. The molecule has 1 aliphatic rings. The monoisotopic (exact) mass is 271 g/mol. The lowest BCUT2D eigenvalue weighted by Gasteiger charge is -2.35. The summed E-state index contributed by atoms with van der Waals surface area (Å²) < 4.78 is 5.73. The lowest BCUT2D eigenvalue weighted by molar-refractivity contribution is 0.168. The molecule has 0 N–H and O–H groups in total. The van der Waals surface area contributed by atoms with Crippen LogP contribution < -0.4 is 4.74 Å². The van der Waals surface area contributed by atoms with Crippen LogP contribution in [0.1, 0.15) is 51.9 Å². The van der Waals surface area contributed by atoms with Gasteiger partial charge in [-0.2, -0.15) is 5.26 Å². The van der Waals surface area contributed by atoms with E-state index in [-0.39, 0.29) is 5.41 Å². The van der Waals surface area contributed by atoms with Gasteiger partial charge in [-0.3, -0.25) is 0 Å². The highest BCUT2D eigenvalue weighted by Crippen LogP contribution is 2.43. The minimum absolute atomic E-state index is 0.0844. The number of para-hydroxylation sites is 1. The van der Waals surface area contributed by atoms with E-state index in [0.29, 0.717) is 6.61 Å². The molecule has 1 saturated carbocycles. The number of nitrogens with zero attached hydrogens (tertiary/aromatic N) is 1. The first kappa shape index (κ1) is 14.9. The van der Waals surface area contributed by atoms with Crippen molar-refractivity contribution >= 4 is 0 Å². The fourth-order valence-electron chi connectivity index (χ4n) is 3.34. The average Bonchev–Trinajstić information content (AvgIpc) is 2.53. The summed E-state index contributed by atoms with van der Waals surface area (Å²) in [5.74, 6) is 1.67. The van der Waals surface area contributed by atoms with E-state index in [9.17, 15) is 5.26 Å². The maximum Gasteiger partial charge on any atom is 0.119 e. The van der Waals surface area contributed by atoms with Gasteiger partial charge in [0.1, 0.15) is 5.75 Å². The second-order valence-electron chi connectivity index (χ2n) is 6.03. The summed E-state index contributed by atoms with van der Waals surface area (Å²) in [6.45, 7) is 2.96. The molecule has 2 rings (SSSR count). The third-order valence-electron chi connectivity index (χ3n) is 4.57. The molecule has 0 aromatic heterocycles. The molecule has 2 heteroatoms. The van der Waals surface area contributed by atoms with Gasteiger partial charge in [-0.25, -0.2) is 0 Å². The lowest BCUT2D eigenvalue weighted by atomic mass is 9.67. The van der Waals surface area contributed by atoms with E-state index in [1.54, 1.807) is 0 Å². The smallest absolute Gasteiger partial charge is 0.119 e. The van der Waals surface area contributed by atoms with Gasteiger partial charge >= 0.3 is 0 Å². The van der Waals surface area contributed by atoms with Gasteiger partial charge in [0.15, 0.2) is 0 Å². The van der Waals surface area contributed by atoms with Crippen LogP contribution in [0.3, 0.4) is 0 Å². The van der Waals surface area contributed by atoms with Crippen LogP contribution in [0.4, 0.5) is 0 Å². The van der Waals surface area contributed by atoms with Crippen molar-refractivity contribution < 1.29 is 4.74 Å². The number of nitriles is 1. The van der Waals surface area contributed by atoms with Gasteiger partial charge in [0.25, 0.3) is 0 Å². The molecule has 0 saturated heterocycles. The Hall–Kier alpha value is -1.49. The van der Waals surface area contributed by atoms with Crippen molar-refractivity contribution in [1.82, 2.24) is 0 Å². The van der Waals surface area contributed by atoms with Gasteiger partial charge in [-0.05, 0) is 43.7 Å². The lowest BCUT2D eigenvalue weighted by Crippen LogP contribution is -2.27. The van der Waals surface area contributed by atoms with Crippen molar-refractivity contribution in [3.8, 4) is 11.8 Å². The molecule has 0 spiro atoms. The van der Waals surface area contributed by atoms with Crippen molar-refractivity contribution in [2.24, 2.45) is 11.3 Å². The zero-order valence-corrected chi connectivity index (χ0v) is 12.5. The van der Waals surface area contributed by atoms with Crippen molar-refractivity contribution in [1.29, 1.82) is 5.26 Å². The van der Waals surface area contributed by atoms with E-state index in [0.717, 1.165) is 37.4 Å². The topological polar surface area (TPSA) is 33.0 Å². The molecule has 0 amide bonds. The first-order valence-corrected chi connectivity index (χ1v) is 7.87. The molecule has 1 aromatic carbocycles. The van der Waals surface area contributed by atoms with Crippen molar-refractivity contribution in [3.63, 3.8) is 0 Å². The highest BCUT2D eigenvalue weighted by atomic mass is 16.5. The molecule has 0 aliphatic heterocycles. The van der Waals surface area contributed by atoms with Crippen LogP contribution in [0.2, 0.25) is 0 Å². The van der Waals surface area contributed by atoms with E-state index in [1.165, 1.54) is 19.3 Å². The van der Waals surface area contributed by atoms with Gasteiger partial charge in [0.05, 0.1) is 18.1 Å². The molecule has 2 atom stereocenters. The number of ether oxygens (including phenoxy) is 1. The van der Waals surface area contributed by atoms with Gasteiger partial charge in [-0.15, -0.1) is 0 Å². The van der Waals surface area contributed by atoms with Gasteiger partial charge in [0.2, 0.25) is 0 Å². The summed E-state index contributed by atoms with van der Waals surface area (Å²) in [4.78, 5) is 0. The van der Waals surface area contributed by atoms with E-state index in [1.807, 2.05) is 30.3 Å². The fraction of sp³-hybridized carbons (Fsp3) is 0.611. The van der Waals surface area contributed by atoms with Crippen LogP contribution in [0.25, 0.3) is 0 Å². The number of hydrogen-bond acceptors (Lipinski definition) is 2. The molecular formula is C18H25NO. The Morgan fingerprint density at radius 2 is 2.15 bits per heavy atom. The average molecular weight is 271 g/mol. The third kappa shape index (κ3) is 4.00. The first-order valence-electron chi connectivity index (χ1n) is 7.87. The van der Waals surface area contributed by atoms with Gasteiger partial charge < -0.3 is 4.74 Å². The van der Waals surface area contributed by atoms with Gasteiger partial charge in [-0.1, -0.05) is 44.4 Å². The number of benzene rings is 1. The van der Waals surface area contributed by atoms with Crippen LogP contribution in [0, 0.1) is 22.7 Å². The molecule has 1 aromatic rings. The van der Waals surface area contributed by atoms with Crippen LogP contribution in [-0.2, 0) is 0 Å². The molecule has 0 radical (unpaired) electrons. The molecule has 20 heavy (non-hydrogen) atoms. The Balaban J connectivity index is 1.78. The summed E-state index contributed by atoms with van der Waals surface area (Å²) in [6, 6.07) is 12.5. The highest BCUT2D eigenvalue weighted by Gasteiger charge is 2.35. The van der Waals surface area contributed by atoms with Crippen LogP contribution >= 0.6 is 0 Å². The first-order chi connectivity index (χ1) is 9.78. The van der Waals surface area contributed by atoms with E-state index >= 15 is 0 Å². The van der Waals surface area contributed by atoms with Gasteiger partial charge in [0, 0.05) is 0 Å². The molecule has 2 unspecified atom stereocenters. The van der Waals surface area contributed by atoms with Crippen LogP contribution in [0.5, 0.6) is 5.75 Å². The molecule has 2 nitrogen and oxygen atoms in total.